The van der Waals surface area contributed by atoms with Crippen LogP contribution in [0.4, 0.5) is 0 Å². The molecule has 2 saturated heterocycles. The number of aromatic nitrogens is 2. The van der Waals surface area contributed by atoms with E-state index in [1.807, 2.05) is 17.5 Å². The Morgan fingerprint density at radius 1 is 1.42 bits per heavy atom. The van der Waals surface area contributed by atoms with Gasteiger partial charge in [-0.2, -0.15) is 5.10 Å². The first kappa shape index (κ1) is 15.1. The Bertz CT molecular complexity index is 842. The summed E-state index contributed by atoms with van der Waals surface area (Å²) in [7, 11) is 1.81. The molecule has 7 nitrogen and oxygen atoms in total. The van der Waals surface area contributed by atoms with Gasteiger partial charge in [-0.15, -0.1) is 11.3 Å². The van der Waals surface area contributed by atoms with Crippen LogP contribution in [0.2, 0.25) is 0 Å². The van der Waals surface area contributed by atoms with E-state index in [4.69, 9.17) is 0 Å². The highest BCUT2D eigenvalue weighted by Crippen LogP contribution is 2.38. The van der Waals surface area contributed by atoms with Gasteiger partial charge in [0.1, 0.15) is 0 Å². The number of carbonyl (C=O) groups is 3. The number of amides is 3. The van der Waals surface area contributed by atoms with Gasteiger partial charge in [0, 0.05) is 26.6 Å². The molecule has 4 rings (SSSR count). The minimum Gasteiger partial charge on any atom is -0.336 e. The average molecular weight is 344 g/mol. The zero-order valence-corrected chi connectivity index (χ0v) is 13.9. The Morgan fingerprint density at radius 2 is 2.25 bits per heavy atom. The molecule has 0 unspecified atom stereocenters. The summed E-state index contributed by atoms with van der Waals surface area (Å²) in [5.74, 6) is -0.715. The van der Waals surface area contributed by atoms with Gasteiger partial charge in [0.15, 0.2) is 5.69 Å². The molecule has 2 aromatic heterocycles. The van der Waals surface area contributed by atoms with Crippen molar-refractivity contribution < 1.29 is 14.4 Å². The molecule has 24 heavy (non-hydrogen) atoms. The largest absolute Gasteiger partial charge is 0.336 e. The molecular weight excluding hydrogens is 328 g/mol. The maximum absolute atomic E-state index is 12.7. The van der Waals surface area contributed by atoms with E-state index in [0.29, 0.717) is 18.7 Å². The molecule has 3 amide bonds. The Kier molecular flexibility index (Phi) is 3.31. The van der Waals surface area contributed by atoms with Gasteiger partial charge in [0.2, 0.25) is 11.8 Å². The molecule has 0 aliphatic carbocycles. The maximum Gasteiger partial charge on any atom is 0.274 e. The van der Waals surface area contributed by atoms with Crippen molar-refractivity contribution in [2.24, 2.45) is 12.5 Å². The summed E-state index contributed by atoms with van der Waals surface area (Å²) in [4.78, 5) is 38.9. The lowest BCUT2D eigenvalue weighted by molar-refractivity contribution is -0.128. The predicted octanol–water partition coefficient (Wildman–Crippen LogP) is 1.03. The minimum atomic E-state index is -0.752. The molecule has 0 aromatic carbocycles. The predicted molar refractivity (Wildman–Crippen MR) is 87.2 cm³/mol. The van der Waals surface area contributed by atoms with Crippen LogP contribution in [-0.2, 0) is 16.6 Å². The third kappa shape index (κ3) is 2.25. The summed E-state index contributed by atoms with van der Waals surface area (Å²) in [5.41, 5.74) is 0.497. The SMILES string of the molecule is Cn1nc(C(=O)N2CC[C@]3(CC(=O)NC3=O)C2)cc1-c1cccs1. The molecule has 2 aliphatic rings. The standard InChI is InChI=1S/C16H16N4O3S/c1-19-11(12-3-2-6-24-12)7-10(18-19)14(22)20-5-4-16(9-20)8-13(21)17-15(16)23/h2-3,6-7H,4-5,8-9H2,1H3,(H,17,21,23)/t16-/m0/s1. The van der Waals surface area contributed by atoms with Crippen molar-refractivity contribution in [3.05, 3.63) is 29.3 Å². The van der Waals surface area contributed by atoms with Gasteiger partial charge < -0.3 is 4.90 Å². The number of carbonyl (C=O) groups excluding carboxylic acids is 3. The summed E-state index contributed by atoms with van der Waals surface area (Å²) < 4.78 is 1.69. The lowest BCUT2D eigenvalue weighted by Gasteiger charge is -2.19. The summed E-state index contributed by atoms with van der Waals surface area (Å²) in [6, 6.07) is 5.71. The highest BCUT2D eigenvalue weighted by Gasteiger charge is 2.52. The van der Waals surface area contributed by atoms with E-state index in [1.54, 1.807) is 34.0 Å². The number of imide groups is 1. The van der Waals surface area contributed by atoms with E-state index in [9.17, 15) is 14.4 Å². The van der Waals surface area contributed by atoms with Crippen LogP contribution in [0.5, 0.6) is 0 Å². The van der Waals surface area contributed by atoms with Crippen LogP contribution in [0.3, 0.4) is 0 Å². The second kappa shape index (κ2) is 5.27. The fourth-order valence-electron chi connectivity index (χ4n) is 3.46. The number of nitrogens with one attached hydrogen (secondary N) is 1. The van der Waals surface area contributed by atoms with Crippen molar-refractivity contribution in [1.82, 2.24) is 20.0 Å². The summed E-state index contributed by atoms with van der Waals surface area (Å²) in [5, 5.41) is 8.65. The number of aryl methyl sites for hydroxylation is 1. The molecule has 0 saturated carbocycles. The van der Waals surface area contributed by atoms with Gasteiger partial charge in [-0.05, 0) is 23.9 Å². The maximum atomic E-state index is 12.7. The fourth-order valence-corrected chi connectivity index (χ4v) is 4.23. The zero-order chi connectivity index (χ0) is 16.9. The summed E-state index contributed by atoms with van der Waals surface area (Å²) >= 11 is 1.59. The van der Waals surface area contributed by atoms with Gasteiger partial charge in [-0.1, -0.05) is 6.07 Å². The molecule has 4 heterocycles. The van der Waals surface area contributed by atoms with Crippen LogP contribution in [0.25, 0.3) is 10.6 Å². The van der Waals surface area contributed by atoms with Crippen molar-refractivity contribution >= 4 is 29.1 Å². The normalized spacial score (nSPS) is 23.3. The van der Waals surface area contributed by atoms with E-state index in [1.165, 1.54) is 0 Å². The van der Waals surface area contributed by atoms with E-state index in [2.05, 4.69) is 10.4 Å². The average Bonchev–Trinajstić information content (AvgIpc) is 3.28. The Balaban J connectivity index is 1.56. The molecule has 8 heteroatoms. The summed E-state index contributed by atoms with van der Waals surface area (Å²) in [6.07, 6.45) is 0.680. The van der Waals surface area contributed by atoms with Crippen LogP contribution in [0.1, 0.15) is 23.3 Å². The van der Waals surface area contributed by atoms with Crippen molar-refractivity contribution in [2.45, 2.75) is 12.8 Å². The van der Waals surface area contributed by atoms with Crippen molar-refractivity contribution in [1.29, 1.82) is 0 Å². The van der Waals surface area contributed by atoms with Crippen molar-refractivity contribution in [3.63, 3.8) is 0 Å². The van der Waals surface area contributed by atoms with Crippen LogP contribution < -0.4 is 5.32 Å². The van der Waals surface area contributed by atoms with Crippen LogP contribution in [-0.4, -0.2) is 45.5 Å². The molecule has 1 N–H and O–H groups in total. The van der Waals surface area contributed by atoms with Crippen molar-refractivity contribution in [3.8, 4) is 10.6 Å². The van der Waals surface area contributed by atoms with Crippen LogP contribution >= 0.6 is 11.3 Å². The number of hydrogen-bond donors (Lipinski definition) is 1. The summed E-state index contributed by atoms with van der Waals surface area (Å²) in [6.45, 7) is 0.735. The smallest absolute Gasteiger partial charge is 0.274 e. The number of rotatable bonds is 2. The molecule has 2 aromatic rings. The van der Waals surface area contributed by atoms with Gasteiger partial charge in [0.05, 0.1) is 16.0 Å². The number of nitrogens with zero attached hydrogens (tertiary/aromatic N) is 3. The van der Waals surface area contributed by atoms with E-state index >= 15 is 0 Å². The van der Waals surface area contributed by atoms with Crippen LogP contribution in [0, 0.1) is 5.41 Å². The number of thiophene rings is 1. The molecule has 0 radical (unpaired) electrons. The van der Waals surface area contributed by atoms with Crippen LogP contribution in [0.15, 0.2) is 23.6 Å². The molecular formula is C16H16N4O3S. The molecule has 2 aliphatic heterocycles. The molecule has 2 fully saturated rings. The fraction of sp³-hybridized carbons (Fsp3) is 0.375. The Hall–Kier alpha value is -2.48. The molecule has 124 valence electrons. The first-order valence-corrected chi connectivity index (χ1v) is 8.58. The van der Waals surface area contributed by atoms with E-state index < -0.39 is 5.41 Å². The molecule has 1 spiro atoms. The Labute approximate surface area is 142 Å². The van der Waals surface area contributed by atoms with Gasteiger partial charge in [-0.3, -0.25) is 24.4 Å². The van der Waals surface area contributed by atoms with E-state index in [0.717, 1.165) is 10.6 Å². The lowest BCUT2D eigenvalue weighted by atomic mass is 9.85. The molecule has 0 bridgehead atoms. The minimum absolute atomic E-state index is 0.165. The molecule has 1 atom stereocenters. The van der Waals surface area contributed by atoms with Gasteiger partial charge in [-0.25, -0.2) is 0 Å². The number of likely N-dealkylation sites (tertiary alicyclic amines) is 1. The van der Waals surface area contributed by atoms with Crippen molar-refractivity contribution in [2.75, 3.05) is 13.1 Å². The second-order valence-electron chi connectivity index (χ2n) is 6.33. The third-order valence-corrected chi connectivity index (χ3v) is 5.64. The highest BCUT2D eigenvalue weighted by atomic mass is 32.1. The number of hydrogen-bond acceptors (Lipinski definition) is 5. The lowest BCUT2D eigenvalue weighted by Crippen LogP contribution is -2.36. The first-order chi connectivity index (χ1) is 11.5. The van der Waals surface area contributed by atoms with E-state index in [-0.39, 0.29) is 30.7 Å². The first-order valence-electron chi connectivity index (χ1n) is 7.70. The third-order valence-electron chi connectivity index (χ3n) is 4.75. The zero-order valence-electron chi connectivity index (χ0n) is 13.1. The monoisotopic (exact) mass is 344 g/mol. The van der Waals surface area contributed by atoms with Gasteiger partial charge in [0.25, 0.3) is 5.91 Å². The quantitative estimate of drug-likeness (QED) is 0.825. The topological polar surface area (TPSA) is 84.3 Å². The second-order valence-corrected chi connectivity index (χ2v) is 7.27. The van der Waals surface area contributed by atoms with Gasteiger partial charge >= 0.3 is 0 Å². The highest BCUT2D eigenvalue weighted by molar-refractivity contribution is 7.13. The Morgan fingerprint density at radius 3 is 2.92 bits per heavy atom.